The third-order valence-electron chi connectivity index (χ3n) is 3.18. The number of aromatic nitrogens is 4. The van der Waals surface area contributed by atoms with Crippen LogP contribution in [0.5, 0.6) is 0 Å². The highest BCUT2D eigenvalue weighted by molar-refractivity contribution is 5.42. The van der Waals surface area contributed by atoms with Crippen LogP contribution in [0.4, 0.5) is 14.6 Å². The first kappa shape index (κ1) is 12.5. The molecular weight excluding hydrogens is 266 g/mol. The molecule has 20 heavy (non-hydrogen) atoms. The van der Waals surface area contributed by atoms with E-state index < -0.39 is 6.43 Å². The van der Waals surface area contributed by atoms with E-state index in [-0.39, 0.29) is 5.82 Å². The second-order valence-electron chi connectivity index (χ2n) is 4.37. The Kier molecular flexibility index (Phi) is 3.02. The van der Waals surface area contributed by atoms with Gasteiger partial charge in [0.1, 0.15) is 11.9 Å². The van der Waals surface area contributed by atoms with Crippen molar-refractivity contribution in [2.45, 2.75) is 19.5 Å². The summed E-state index contributed by atoms with van der Waals surface area (Å²) in [6.45, 7) is 1.31. The molecule has 0 saturated heterocycles. The molecule has 0 atom stereocenters. The van der Waals surface area contributed by atoms with Crippen molar-refractivity contribution in [2.75, 3.05) is 11.4 Å². The smallest absolute Gasteiger partial charge is 0.297 e. The number of hydrogen-bond acceptors (Lipinski definition) is 5. The van der Waals surface area contributed by atoms with Crippen LogP contribution < -0.4 is 4.90 Å². The van der Waals surface area contributed by atoms with Gasteiger partial charge in [0.15, 0.2) is 11.6 Å². The minimum Gasteiger partial charge on any atom is -0.347 e. The van der Waals surface area contributed by atoms with Gasteiger partial charge in [-0.25, -0.2) is 13.8 Å². The fourth-order valence-electron chi connectivity index (χ4n) is 2.18. The minimum absolute atomic E-state index is 0.285. The highest BCUT2D eigenvalue weighted by Crippen LogP contribution is 2.23. The summed E-state index contributed by atoms with van der Waals surface area (Å²) in [6, 6.07) is 5.41. The van der Waals surface area contributed by atoms with Crippen molar-refractivity contribution in [1.82, 2.24) is 19.7 Å². The number of hydrogen-bond donors (Lipinski definition) is 0. The predicted octanol–water partition coefficient (Wildman–Crippen LogP) is 1.50. The van der Waals surface area contributed by atoms with Crippen LogP contribution in [-0.2, 0) is 13.1 Å². The van der Waals surface area contributed by atoms with Gasteiger partial charge in [0.25, 0.3) is 6.43 Å². The van der Waals surface area contributed by atoms with Gasteiger partial charge in [-0.05, 0) is 12.1 Å². The standard InChI is InChI=1S/C12H10F2N6/c13-11(14)12-18-17-10-7-19(3-4-20(10)12)9-2-1-8(5-15)6-16-9/h1-2,6,11H,3-4,7H2. The van der Waals surface area contributed by atoms with Gasteiger partial charge in [-0.3, -0.25) is 0 Å². The van der Waals surface area contributed by atoms with Crippen LogP contribution in [0.2, 0.25) is 0 Å². The van der Waals surface area contributed by atoms with E-state index in [1.807, 2.05) is 11.0 Å². The maximum absolute atomic E-state index is 12.7. The molecule has 0 unspecified atom stereocenters. The fraction of sp³-hybridized carbons (Fsp3) is 0.333. The summed E-state index contributed by atoms with van der Waals surface area (Å²) in [5.41, 5.74) is 0.480. The highest BCUT2D eigenvalue weighted by Gasteiger charge is 2.25. The molecule has 0 amide bonds. The summed E-state index contributed by atoms with van der Waals surface area (Å²) in [7, 11) is 0. The maximum atomic E-state index is 12.7. The molecule has 0 fully saturated rings. The lowest BCUT2D eigenvalue weighted by Crippen LogP contribution is -2.34. The molecule has 1 aliphatic heterocycles. The van der Waals surface area contributed by atoms with Crippen LogP contribution in [0, 0.1) is 11.3 Å². The monoisotopic (exact) mass is 276 g/mol. The van der Waals surface area contributed by atoms with Crippen LogP contribution in [0.15, 0.2) is 18.3 Å². The van der Waals surface area contributed by atoms with Crippen molar-refractivity contribution in [3.63, 3.8) is 0 Å². The molecule has 2 aromatic heterocycles. The van der Waals surface area contributed by atoms with E-state index in [2.05, 4.69) is 15.2 Å². The summed E-state index contributed by atoms with van der Waals surface area (Å²) in [5, 5.41) is 16.1. The van der Waals surface area contributed by atoms with E-state index in [1.165, 1.54) is 10.8 Å². The Labute approximate surface area is 113 Å². The normalized spacial score (nSPS) is 14.2. The number of nitriles is 1. The second-order valence-corrected chi connectivity index (χ2v) is 4.37. The predicted molar refractivity (Wildman–Crippen MR) is 65.0 cm³/mol. The van der Waals surface area contributed by atoms with Gasteiger partial charge in [-0.2, -0.15) is 5.26 Å². The van der Waals surface area contributed by atoms with Gasteiger partial charge in [0.2, 0.25) is 0 Å². The molecule has 0 aliphatic carbocycles. The molecule has 0 radical (unpaired) electrons. The zero-order valence-electron chi connectivity index (χ0n) is 10.4. The highest BCUT2D eigenvalue weighted by atomic mass is 19.3. The molecule has 0 N–H and O–H groups in total. The van der Waals surface area contributed by atoms with Crippen LogP contribution in [0.25, 0.3) is 0 Å². The molecule has 6 nitrogen and oxygen atoms in total. The lowest BCUT2D eigenvalue weighted by Gasteiger charge is -2.28. The van der Waals surface area contributed by atoms with Gasteiger partial charge < -0.3 is 9.47 Å². The van der Waals surface area contributed by atoms with E-state index in [9.17, 15) is 8.78 Å². The SMILES string of the molecule is N#Cc1ccc(N2CCn3c(nnc3C(F)F)C2)nc1. The van der Waals surface area contributed by atoms with Crippen molar-refractivity contribution in [2.24, 2.45) is 0 Å². The van der Waals surface area contributed by atoms with Crippen LogP contribution in [0.3, 0.4) is 0 Å². The largest absolute Gasteiger partial charge is 0.347 e. The number of fused-ring (bicyclic) bond motifs is 1. The Bertz CT molecular complexity index is 658. The van der Waals surface area contributed by atoms with Gasteiger partial charge >= 0.3 is 0 Å². The molecule has 0 saturated carbocycles. The van der Waals surface area contributed by atoms with E-state index in [0.29, 0.717) is 36.8 Å². The number of anilines is 1. The van der Waals surface area contributed by atoms with E-state index in [0.717, 1.165) is 0 Å². The Morgan fingerprint density at radius 1 is 1.25 bits per heavy atom. The zero-order chi connectivity index (χ0) is 14.1. The molecule has 0 aromatic carbocycles. The maximum Gasteiger partial charge on any atom is 0.297 e. The summed E-state index contributed by atoms with van der Waals surface area (Å²) < 4.78 is 26.9. The average Bonchev–Trinajstić information content (AvgIpc) is 2.90. The molecule has 102 valence electrons. The van der Waals surface area contributed by atoms with Crippen molar-refractivity contribution >= 4 is 5.82 Å². The molecule has 2 aromatic rings. The molecule has 0 spiro atoms. The van der Waals surface area contributed by atoms with Crippen molar-refractivity contribution in [1.29, 1.82) is 5.26 Å². The molecular formula is C12H10F2N6. The number of nitrogens with zero attached hydrogens (tertiary/aromatic N) is 6. The molecule has 0 bridgehead atoms. The number of rotatable bonds is 2. The van der Waals surface area contributed by atoms with Gasteiger partial charge in [0, 0.05) is 19.3 Å². The Balaban J connectivity index is 1.83. The first-order chi connectivity index (χ1) is 9.69. The summed E-state index contributed by atoms with van der Waals surface area (Å²) in [4.78, 5) is 6.10. The Morgan fingerprint density at radius 3 is 2.75 bits per heavy atom. The zero-order valence-corrected chi connectivity index (χ0v) is 10.4. The van der Waals surface area contributed by atoms with Crippen molar-refractivity contribution in [3.05, 3.63) is 35.5 Å². The topological polar surface area (TPSA) is 70.6 Å². The molecule has 3 rings (SSSR count). The van der Waals surface area contributed by atoms with Gasteiger partial charge in [-0.15, -0.1) is 10.2 Å². The molecule has 1 aliphatic rings. The Hall–Kier alpha value is -2.56. The van der Waals surface area contributed by atoms with Crippen LogP contribution >= 0.6 is 0 Å². The van der Waals surface area contributed by atoms with E-state index in [4.69, 9.17) is 5.26 Å². The number of alkyl halides is 2. The summed E-state index contributed by atoms with van der Waals surface area (Å²) in [5.74, 6) is 0.905. The van der Waals surface area contributed by atoms with Gasteiger partial charge in [-0.1, -0.05) is 0 Å². The molecule has 8 heteroatoms. The minimum atomic E-state index is -2.61. The van der Waals surface area contributed by atoms with Crippen LogP contribution in [-0.4, -0.2) is 26.3 Å². The van der Waals surface area contributed by atoms with Gasteiger partial charge in [0.05, 0.1) is 12.1 Å². The van der Waals surface area contributed by atoms with E-state index in [1.54, 1.807) is 12.1 Å². The Morgan fingerprint density at radius 2 is 2.10 bits per heavy atom. The van der Waals surface area contributed by atoms with Crippen LogP contribution in [0.1, 0.15) is 23.6 Å². The van der Waals surface area contributed by atoms with Crippen molar-refractivity contribution in [3.8, 4) is 6.07 Å². The molecule has 3 heterocycles. The summed E-state index contributed by atoms with van der Waals surface area (Å²) >= 11 is 0. The number of halogens is 2. The quantitative estimate of drug-likeness (QED) is 0.831. The lowest BCUT2D eigenvalue weighted by atomic mass is 10.3. The first-order valence-corrected chi connectivity index (χ1v) is 6.00. The lowest BCUT2D eigenvalue weighted by molar-refractivity contribution is 0.134. The first-order valence-electron chi connectivity index (χ1n) is 6.00. The number of pyridine rings is 1. The fourth-order valence-corrected chi connectivity index (χ4v) is 2.18. The third kappa shape index (κ3) is 2.07. The van der Waals surface area contributed by atoms with E-state index >= 15 is 0 Å². The average molecular weight is 276 g/mol. The summed E-state index contributed by atoms with van der Waals surface area (Å²) in [6.07, 6.45) is -1.13. The third-order valence-corrected chi connectivity index (χ3v) is 3.18. The second kappa shape index (κ2) is 4.85. The van der Waals surface area contributed by atoms with Crippen molar-refractivity contribution < 1.29 is 8.78 Å².